The van der Waals surface area contributed by atoms with E-state index in [-0.39, 0.29) is 11.9 Å². The summed E-state index contributed by atoms with van der Waals surface area (Å²) in [6.07, 6.45) is 5.19. The fraction of sp³-hybridized carbons (Fsp3) is 0.250. The fourth-order valence-electron chi connectivity index (χ4n) is 2.75. The quantitative estimate of drug-likeness (QED) is 0.711. The van der Waals surface area contributed by atoms with Gasteiger partial charge in [-0.2, -0.15) is 5.10 Å². The molecule has 0 bridgehead atoms. The van der Waals surface area contributed by atoms with Crippen molar-refractivity contribution in [2.75, 3.05) is 13.7 Å². The minimum absolute atomic E-state index is 0.0910. The fourth-order valence-corrected chi connectivity index (χ4v) is 2.75. The van der Waals surface area contributed by atoms with Gasteiger partial charge in [-0.3, -0.25) is 14.5 Å². The molecule has 0 saturated carbocycles. The van der Waals surface area contributed by atoms with Gasteiger partial charge in [0.05, 0.1) is 18.7 Å². The van der Waals surface area contributed by atoms with Gasteiger partial charge in [-0.25, -0.2) is 0 Å². The maximum atomic E-state index is 12.7. The Morgan fingerprint density at radius 2 is 2.04 bits per heavy atom. The van der Waals surface area contributed by atoms with Crippen molar-refractivity contribution in [3.63, 3.8) is 0 Å². The lowest BCUT2D eigenvalue weighted by Crippen LogP contribution is -2.35. The maximum Gasteiger partial charge on any atom is 0.255 e. The monoisotopic (exact) mass is 350 g/mol. The zero-order chi connectivity index (χ0) is 18.4. The van der Waals surface area contributed by atoms with Gasteiger partial charge in [0.15, 0.2) is 0 Å². The molecule has 3 rings (SSSR count). The number of rotatable bonds is 7. The number of ether oxygens (including phenoxy) is 1. The minimum atomic E-state index is -0.173. The van der Waals surface area contributed by atoms with Crippen molar-refractivity contribution in [2.24, 2.45) is 0 Å². The summed E-state index contributed by atoms with van der Waals surface area (Å²) in [6, 6.07) is 13.7. The van der Waals surface area contributed by atoms with Gasteiger partial charge in [-0.05, 0) is 24.6 Å². The molecule has 0 spiro atoms. The Morgan fingerprint density at radius 3 is 2.73 bits per heavy atom. The van der Waals surface area contributed by atoms with Gasteiger partial charge in [-0.1, -0.05) is 30.3 Å². The first kappa shape index (κ1) is 17.8. The molecule has 26 heavy (non-hydrogen) atoms. The lowest BCUT2D eigenvalue weighted by atomic mass is 10.1. The second kappa shape index (κ2) is 8.40. The standard InChI is InChI=1S/C20H22N4O2/c1-15(14-26-2)22-20(25)18-13-24(12-16-7-4-3-5-8-16)23-19(18)17-9-6-10-21-11-17/h3-11,13,15H,12,14H2,1-2H3,(H,22,25). The van der Waals surface area contributed by atoms with Crippen LogP contribution in [-0.4, -0.2) is 40.4 Å². The highest BCUT2D eigenvalue weighted by atomic mass is 16.5. The van der Waals surface area contributed by atoms with E-state index in [2.05, 4.69) is 15.4 Å². The number of nitrogens with one attached hydrogen (secondary N) is 1. The second-order valence-electron chi connectivity index (χ2n) is 6.15. The molecule has 0 aliphatic rings. The highest BCUT2D eigenvalue weighted by Gasteiger charge is 2.19. The third-order valence-electron chi connectivity index (χ3n) is 3.92. The molecular formula is C20H22N4O2. The number of methoxy groups -OCH3 is 1. The summed E-state index contributed by atoms with van der Waals surface area (Å²) in [5.74, 6) is -0.173. The van der Waals surface area contributed by atoms with Crippen LogP contribution >= 0.6 is 0 Å². The first-order valence-electron chi connectivity index (χ1n) is 8.49. The average molecular weight is 350 g/mol. The van der Waals surface area contributed by atoms with E-state index in [1.54, 1.807) is 30.4 Å². The maximum absolute atomic E-state index is 12.7. The summed E-state index contributed by atoms with van der Waals surface area (Å²) in [6.45, 7) is 2.95. The van der Waals surface area contributed by atoms with Crippen LogP contribution in [0.15, 0.2) is 61.1 Å². The zero-order valence-corrected chi connectivity index (χ0v) is 14.9. The summed E-state index contributed by atoms with van der Waals surface area (Å²) in [7, 11) is 1.61. The van der Waals surface area contributed by atoms with Crippen LogP contribution < -0.4 is 5.32 Å². The average Bonchev–Trinajstić information content (AvgIpc) is 3.07. The third kappa shape index (κ3) is 4.34. The number of nitrogens with zero attached hydrogens (tertiary/aromatic N) is 3. The molecule has 0 fully saturated rings. The lowest BCUT2D eigenvalue weighted by molar-refractivity contribution is 0.0906. The Bertz CT molecular complexity index is 847. The van der Waals surface area contributed by atoms with Crippen LogP contribution in [0.1, 0.15) is 22.8 Å². The van der Waals surface area contributed by atoms with Crippen LogP contribution in [0.25, 0.3) is 11.3 Å². The third-order valence-corrected chi connectivity index (χ3v) is 3.92. The molecule has 1 atom stereocenters. The Morgan fingerprint density at radius 1 is 1.23 bits per heavy atom. The van der Waals surface area contributed by atoms with Gasteiger partial charge in [0.25, 0.3) is 5.91 Å². The summed E-state index contributed by atoms with van der Waals surface area (Å²) >= 11 is 0. The molecule has 1 aromatic carbocycles. The topological polar surface area (TPSA) is 69.0 Å². The van der Waals surface area contributed by atoms with Gasteiger partial charge in [0.2, 0.25) is 0 Å². The van der Waals surface area contributed by atoms with E-state index >= 15 is 0 Å². The second-order valence-corrected chi connectivity index (χ2v) is 6.15. The highest BCUT2D eigenvalue weighted by molar-refractivity contribution is 5.99. The number of benzene rings is 1. The highest BCUT2D eigenvalue weighted by Crippen LogP contribution is 2.22. The van der Waals surface area contributed by atoms with E-state index in [0.29, 0.717) is 24.4 Å². The van der Waals surface area contributed by atoms with Gasteiger partial charge in [-0.15, -0.1) is 0 Å². The molecule has 2 heterocycles. The first-order chi connectivity index (χ1) is 12.7. The smallest absolute Gasteiger partial charge is 0.255 e. The number of carbonyl (C=O) groups is 1. The summed E-state index contributed by atoms with van der Waals surface area (Å²) in [4.78, 5) is 16.9. The minimum Gasteiger partial charge on any atom is -0.383 e. The Hall–Kier alpha value is -2.99. The molecule has 134 valence electrons. The van der Waals surface area contributed by atoms with E-state index in [9.17, 15) is 4.79 Å². The van der Waals surface area contributed by atoms with Crippen LogP contribution in [0.3, 0.4) is 0 Å². The van der Waals surface area contributed by atoms with Crippen molar-refractivity contribution in [1.29, 1.82) is 0 Å². The van der Waals surface area contributed by atoms with Crippen LogP contribution in [-0.2, 0) is 11.3 Å². The van der Waals surface area contributed by atoms with Crippen molar-refractivity contribution in [3.05, 3.63) is 72.2 Å². The Balaban J connectivity index is 1.91. The largest absolute Gasteiger partial charge is 0.383 e. The van der Waals surface area contributed by atoms with E-state index < -0.39 is 0 Å². The predicted molar refractivity (Wildman–Crippen MR) is 99.8 cm³/mol. The number of aromatic nitrogens is 3. The molecule has 2 aromatic heterocycles. The van der Waals surface area contributed by atoms with Crippen molar-refractivity contribution in [1.82, 2.24) is 20.1 Å². The molecule has 3 aromatic rings. The Labute approximate surface area is 152 Å². The lowest BCUT2D eigenvalue weighted by Gasteiger charge is -2.12. The number of carbonyl (C=O) groups excluding carboxylic acids is 1. The van der Waals surface area contributed by atoms with E-state index in [1.807, 2.05) is 49.4 Å². The summed E-state index contributed by atoms with van der Waals surface area (Å²) in [5.41, 5.74) is 3.07. The zero-order valence-electron chi connectivity index (χ0n) is 14.9. The molecule has 0 radical (unpaired) electrons. The van der Waals surface area contributed by atoms with Crippen LogP contribution in [0, 0.1) is 0 Å². The number of hydrogen-bond acceptors (Lipinski definition) is 4. The van der Waals surface area contributed by atoms with Crippen molar-refractivity contribution in [2.45, 2.75) is 19.5 Å². The molecule has 0 aliphatic carbocycles. The number of amides is 1. The van der Waals surface area contributed by atoms with E-state index in [4.69, 9.17) is 4.74 Å². The molecule has 1 amide bonds. The van der Waals surface area contributed by atoms with Crippen molar-refractivity contribution >= 4 is 5.91 Å². The molecule has 0 saturated heterocycles. The van der Waals surface area contributed by atoms with Gasteiger partial charge >= 0.3 is 0 Å². The van der Waals surface area contributed by atoms with Crippen LogP contribution in [0.5, 0.6) is 0 Å². The number of hydrogen-bond donors (Lipinski definition) is 1. The first-order valence-corrected chi connectivity index (χ1v) is 8.49. The molecular weight excluding hydrogens is 328 g/mol. The summed E-state index contributed by atoms with van der Waals surface area (Å²) < 4.78 is 6.88. The molecule has 6 nitrogen and oxygen atoms in total. The van der Waals surface area contributed by atoms with E-state index in [1.165, 1.54) is 0 Å². The normalized spacial score (nSPS) is 11.9. The molecule has 6 heteroatoms. The number of pyridine rings is 1. The molecule has 1 N–H and O–H groups in total. The molecule has 1 unspecified atom stereocenters. The van der Waals surface area contributed by atoms with Gasteiger partial charge in [0.1, 0.15) is 5.69 Å². The predicted octanol–water partition coefficient (Wildman–Crippen LogP) is 2.76. The summed E-state index contributed by atoms with van der Waals surface area (Å²) in [5, 5.41) is 7.58. The van der Waals surface area contributed by atoms with E-state index in [0.717, 1.165) is 11.1 Å². The van der Waals surface area contributed by atoms with Crippen LogP contribution in [0.4, 0.5) is 0 Å². The van der Waals surface area contributed by atoms with Crippen LogP contribution in [0.2, 0.25) is 0 Å². The van der Waals surface area contributed by atoms with Gasteiger partial charge in [0, 0.05) is 37.3 Å². The van der Waals surface area contributed by atoms with Gasteiger partial charge < -0.3 is 10.1 Å². The Kier molecular flexibility index (Phi) is 5.76. The SMILES string of the molecule is COCC(C)NC(=O)c1cn(Cc2ccccc2)nc1-c1cccnc1. The molecule has 0 aliphatic heterocycles. The van der Waals surface area contributed by atoms with Crippen molar-refractivity contribution in [3.8, 4) is 11.3 Å². The van der Waals surface area contributed by atoms with Crippen molar-refractivity contribution < 1.29 is 9.53 Å².